The van der Waals surface area contributed by atoms with Crippen LogP contribution in [0, 0.1) is 0 Å². The average molecular weight is 503 g/mol. The number of piperazine rings is 1. The van der Waals surface area contributed by atoms with Crippen molar-refractivity contribution < 1.29 is 8.42 Å². The molecule has 0 amide bonds. The van der Waals surface area contributed by atoms with Crippen LogP contribution < -0.4 is 4.90 Å². The Morgan fingerprint density at radius 1 is 0.879 bits per heavy atom. The number of aromatic nitrogens is 4. The lowest BCUT2D eigenvalue weighted by molar-refractivity contribution is 0.387. The van der Waals surface area contributed by atoms with E-state index in [1.165, 1.54) is 16.9 Å². The summed E-state index contributed by atoms with van der Waals surface area (Å²) < 4.78 is 27.1. The molecular formula is C22H20Cl2N6O2S. The number of anilines is 1. The third-order valence-corrected chi connectivity index (χ3v) is 7.52. The number of rotatable bonds is 4. The molecule has 0 bridgehead atoms. The normalized spacial score (nSPS) is 15.3. The minimum Gasteiger partial charge on any atom is -0.352 e. The van der Waals surface area contributed by atoms with Crippen LogP contribution in [-0.4, -0.2) is 64.9 Å². The summed E-state index contributed by atoms with van der Waals surface area (Å²) in [6.07, 6.45) is 2.74. The van der Waals surface area contributed by atoms with E-state index in [1.54, 1.807) is 4.68 Å². The molecule has 170 valence electrons. The van der Waals surface area contributed by atoms with Crippen LogP contribution in [0.3, 0.4) is 0 Å². The highest BCUT2D eigenvalue weighted by Gasteiger charge is 2.27. The minimum absolute atomic E-state index is 0.388. The van der Waals surface area contributed by atoms with Gasteiger partial charge in [-0.3, -0.25) is 0 Å². The van der Waals surface area contributed by atoms with Gasteiger partial charge in [0.2, 0.25) is 10.0 Å². The number of benzene rings is 2. The zero-order valence-corrected chi connectivity index (χ0v) is 20.0. The summed E-state index contributed by atoms with van der Waals surface area (Å²) in [5.41, 5.74) is 3.67. The van der Waals surface area contributed by atoms with E-state index in [9.17, 15) is 8.42 Å². The molecular weight excluding hydrogens is 483 g/mol. The van der Waals surface area contributed by atoms with Gasteiger partial charge in [-0.2, -0.15) is 9.40 Å². The topological polar surface area (TPSA) is 84.2 Å². The van der Waals surface area contributed by atoms with Gasteiger partial charge in [0.1, 0.15) is 17.5 Å². The summed E-state index contributed by atoms with van der Waals surface area (Å²) in [6.45, 7) is 1.79. The Labute approximate surface area is 201 Å². The van der Waals surface area contributed by atoms with Crippen molar-refractivity contribution in [3.63, 3.8) is 0 Å². The third-order valence-electron chi connectivity index (χ3n) is 5.64. The van der Waals surface area contributed by atoms with Crippen LogP contribution in [0.5, 0.6) is 0 Å². The first-order valence-corrected chi connectivity index (χ1v) is 12.9. The summed E-state index contributed by atoms with van der Waals surface area (Å²) in [5, 5.41) is 6.07. The molecule has 4 aromatic rings. The molecule has 2 aromatic carbocycles. The van der Waals surface area contributed by atoms with Crippen molar-refractivity contribution in [3.05, 3.63) is 64.9 Å². The fraction of sp³-hybridized carbons (Fsp3) is 0.227. The molecule has 8 nitrogen and oxygen atoms in total. The summed E-state index contributed by atoms with van der Waals surface area (Å²) in [6, 6.07) is 14.9. The third kappa shape index (κ3) is 4.17. The highest BCUT2D eigenvalue weighted by molar-refractivity contribution is 7.88. The van der Waals surface area contributed by atoms with E-state index >= 15 is 0 Å². The van der Waals surface area contributed by atoms with Gasteiger partial charge in [-0.05, 0) is 24.3 Å². The van der Waals surface area contributed by atoms with Crippen molar-refractivity contribution in [1.29, 1.82) is 0 Å². The zero-order chi connectivity index (χ0) is 23.2. The Balaban J connectivity index is 1.67. The maximum Gasteiger partial charge on any atom is 0.211 e. The van der Waals surface area contributed by atoms with Crippen LogP contribution in [0.15, 0.2) is 54.9 Å². The molecule has 0 radical (unpaired) electrons. The van der Waals surface area contributed by atoms with Crippen molar-refractivity contribution in [3.8, 4) is 16.9 Å². The fourth-order valence-electron chi connectivity index (χ4n) is 4.01. The lowest BCUT2D eigenvalue weighted by Crippen LogP contribution is -2.48. The van der Waals surface area contributed by atoms with Crippen LogP contribution in [0.2, 0.25) is 10.0 Å². The van der Waals surface area contributed by atoms with Gasteiger partial charge in [0.15, 0.2) is 11.3 Å². The second-order valence-electron chi connectivity index (χ2n) is 7.76. The molecule has 0 saturated carbocycles. The number of fused-ring (bicyclic) bond motifs is 1. The van der Waals surface area contributed by atoms with E-state index in [-0.39, 0.29) is 0 Å². The molecule has 1 aliphatic rings. The highest BCUT2D eigenvalue weighted by Crippen LogP contribution is 2.35. The molecule has 11 heteroatoms. The second kappa shape index (κ2) is 8.57. The van der Waals surface area contributed by atoms with E-state index in [2.05, 4.69) is 9.97 Å². The number of halogens is 2. The Morgan fingerprint density at radius 3 is 2.24 bits per heavy atom. The first-order valence-electron chi connectivity index (χ1n) is 10.3. The van der Waals surface area contributed by atoms with Gasteiger partial charge in [0, 0.05) is 36.8 Å². The standard InChI is InChI=1S/C22H20Cl2N6O2S/c1-33(31,32)29-12-10-28(11-13-29)22-20-19(25-14-26-22)21(15-6-8-16(23)9-7-15)30(27-20)18-5-3-2-4-17(18)24/h2-9,14H,10-13H2,1H3. The lowest BCUT2D eigenvalue weighted by atomic mass is 10.1. The maximum absolute atomic E-state index is 11.9. The van der Waals surface area contributed by atoms with E-state index < -0.39 is 10.0 Å². The smallest absolute Gasteiger partial charge is 0.211 e. The predicted octanol–water partition coefficient (Wildman–Crippen LogP) is 3.87. The van der Waals surface area contributed by atoms with Crippen LogP contribution in [0.4, 0.5) is 5.82 Å². The number of nitrogens with zero attached hydrogens (tertiary/aromatic N) is 6. The van der Waals surface area contributed by atoms with Crippen molar-refractivity contribution in [2.75, 3.05) is 37.3 Å². The minimum atomic E-state index is -3.23. The Morgan fingerprint density at radius 2 is 1.58 bits per heavy atom. The van der Waals surface area contributed by atoms with Crippen molar-refractivity contribution in [1.82, 2.24) is 24.1 Å². The van der Waals surface area contributed by atoms with Gasteiger partial charge < -0.3 is 4.90 Å². The Bertz CT molecular complexity index is 1430. The second-order valence-corrected chi connectivity index (χ2v) is 10.6. The van der Waals surface area contributed by atoms with Gasteiger partial charge in [0.05, 0.1) is 17.0 Å². The molecule has 0 atom stereocenters. The van der Waals surface area contributed by atoms with Gasteiger partial charge in [0.25, 0.3) is 0 Å². The molecule has 0 N–H and O–H groups in total. The van der Waals surface area contributed by atoms with E-state index in [1.807, 2.05) is 53.4 Å². The lowest BCUT2D eigenvalue weighted by Gasteiger charge is -2.33. The van der Waals surface area contributed by atoms with Gasteiger partial charge >= 0.3 is 0 Å². The largest absolute Gasteiger partial charge is 0.352 e. The molecule has 0 aliphatic carbocycles. The summed E-state index contributed by atoms with van der Waals surface area (Å²) in [4.78, 5) is 11.1. The number of hydrogen-bond donors (Lipinski definition) is 0. The van der Waals surface area contributed by atoms with Gasteiger partial charge in [-0.25, -0.2) is 23.1 Å². The summed E-state index contributed by atoms with van der Waals surface area (Å²) in [5.74, 6) is 0.661. The Hall–Kier alpha value is -2.72. The fourth-order valence-corrected chi connectivity index (χ4v) is 5.18. The molecule has 3 heterocycles. The molecule has 1 aliphatic heterocycles. The highest BCUT2D eigenvalue weighted by atomic mass is 35.5. The average Bonchev–Trinajstić information content (AvgIpc) is 3.19. The van der Waals surface area contributed by atoms with Gasteiger partial charge in [-0.1, -0.05) is 47.5 Å². The van der Waals surface area contributed by atoms with Crippen molar-refractivity contribution in [2.24, 2.45) is 0 Å². The summed E-state index contributed by atoms with van der Waals surface area (Å²) >= 11 is 12.6. The molecule has 2 aromatic heterocycles. The number of para-hydroxylation sites is 1. The van der Waals surface area contributed by atoms with Crippen LogP contribution in [0.1, 0.15) is 0 Å². The van der Waals surface area contributed by atoms with E-state index in [0.717, 1.165) is 16.9 Å². The predicted molar refractivity (Wildman–Crippen MR) is 131 cm³/mol. The maximum atomic E-state index is 11.9. The van der Waals surface area contributed by atoms with Crippen LogP contribution in [-0.2, 0) is 10.0 Å². The van der Waals surface area contributed by atoms with Crippen LogP contribution >= 0.6 is 23.2 Å². The number of hydrogen-bond acceptors (Lipinski definition) is 6. The van der Waals surface area contributed by atoms with Gasteiger partial charge in [-0.15, -0.1) is 0 Å². The molecule has 1 saturated heterocycles. The van der Waals surface area contributed by atoms with E-state index in [4.69, 9.17) is 28.3 Å². The van der Waals surface area contributed by atoms with Crippen LogP contribution in [0.25, 0.3) is 28.0 Å². The zero-order valence-electron chi connectivity index (χ0n) is 17.7. The molecule has 0 spiro atoms. The number of sulfonamides is 1. The van der Waals surface area contributed by atoms with Crippen molar-refractivity contribution in [2.45, 2.75) is 0 Å². The quantitative estimate of drug-likeness (QED) is 0.421. The SMILES string of the molecule is CS(=O)(=O)N1CCN(c2ncnc3c(-c4ccc(Cl)cc4)n(-c4ccccc4Cl)nc23)CC1. The molecule has 0 unspecified atom stereocenters. The molecule has 1 fully saturated rings. The first-order chi connectivity index (χ1) is 15.8. The first kappa shape index (κ1) is 22.1. The van der Waals surface area contributed by atoms with Crippen molar-refractivity contribution >= 4 is 50.1 Å². The molecule has 5 rings (SSSR count). The monoisotopic (exact) mass is 502 g/mol. The Kier molecular flexibility index (Phi) is 5.74. The van der Waals surface area contributed by atoms with E-state index in [0.29, 0.717) is 53.1 Å². The molecule has 33 heavy (non-hydrogen) atoms. The summed E-state index contributed by atoms with van der Waals surface area (Å²) in [7, 11) is -3.23.